The first-order valence-electron chi connectivity index (χ1n) is 4.05. The molecule has 1 aromatic carbocycles. The topological polar surface area (TPSA) is 74.6 Å². The number of carbonyl (C=O) groups excluding carboxylic acids is 1. The van der Waals surface area contributed by atoms with E-state index in [0.717, 1.165) is 12.1 Å². The van der Waals surface area contributed by atoms with Crippen molar-refractivity contribution in [1.29, 1.82) is 0 Å². The summed E-state index contributed by atoms with van der Waals surface area (Å²) in [4.78, 5) is 21.7. The van der Waals surface area contributed by atoms with Crippen molar-refractivity contribution in [2.75, 3.05) is 0 Å². The summed E-state index contributed by atoms with van der Waals surface area (Å²) < 4.78 is 12.9. The number of ketones is 1. The second-order valence-corrected chi connectivity index (χ2v) is 3.68. The summed E-state index contributed by atoms with van der Waals surface area (Å²) >= 11 is 2.96. The van der Waals surface area contributed by atoms with Crippen LogP contribution < -0.4 is 0 Å². The van der Waals surface area contributed by atoms with E-state index in [0.29, 0.717) is 6.08 Å². The van der Waals surface area contributed by atoms with Gasteiger partial charge in [-0.05, 0) is 34.1 Å². The Morgan fingerprint density at radius 2 is 1.94 bits per heavy atom. The molecule has 0 aliphatic rings. The summed E-state index contributed by atoms with van der Waals surface area (Å²) in [6.45, 7) is 0. The largest absolute Gasteiger partial charge is 0.502 e. The summed E-state index contributed by atoms with van der Waals surface area (Å²) in [6.07, 6.45) is 0.556. The Bertz CT molecular complexity index is 482. The van der Waals surface area contributed by atoms with Gasteiger partial charge in [0.1, 0.15) is 5.82 Å². The highest BCUT2D eigenvalue weighted by molar-refractivity contribution is 9.10. The van der Waals surface area contributed by atoms with E-state index >= 15 is 0 Å². The molecule has 0 aliphatic heterocycles. The van der Waals surface area contributed by atoms with Crippen LogP contribution in [0.3, 0.4) is 0 Å². The first-order valence-corrected chi connectivity index (χ1v) is 4.84. The van der Waals surface area contributed by atoms with Gasteiger partial charge in [0.2, 0.25) is 5.76 Å². The van der Waals surface area contributed by atoms with Crippen molar-refractivity contribution in [2.45, 2.75) is 0 Å². The van der Waals surface area contributed by atoms with E-state index in [1.165, 1.54) is 6.07 Å². The monoisotopic (exact) mass is 288 g/mol. The number of carboxylic acids is 1. The number of aliphatic hydroxyl groups excluding tert-OH is 1. The zero-order valence-corrected chi connectivity index (χ0v) is 9.36. The van der Waals surface area contributed by atoms with Crippen LogP contribution in [0.15, 0.2) is 34.5 Å². The lowest BCUT2D eigenvalue weighted by Gasteiger charge is -2.00. The molecular weight excluding hydrogens is 283 g/mol. The number of carboxylic acid groups (broad SMARTS) is 1. The predicted octanol–water partition coefficient (Wildman–Crippen LogP) is 2.30. The molecule has 4 nitrogen and oxygen atoms in total. The van der Waals surface area contributed by atoms with Gasteiger partial charge in [0.25, 0.3) is 0 Å². The van der Waals surface area contributed by atoms with Crippen LogP contribution in [0.4, 0.5) is 4.39 Å². The van der Waals surface area contributed by atoms with Crippen molar-refractivity contribution in [3.63, 3.8) is 0 Å². The van der Waals surface area contributed by atoms with E-state index in [1.54, 1.807) is 0 Å². The molecule has 0 atom stereocenters. The van der Waals surface area contributed by atoms with Gasteiger partial charge in [-0.25, -0.2) is 9.18 Å². The number of aliphatic hydroxyl groups is 1. The minimum atomic E-state index is -1.61. The first-order chi connectivity index (χ1) is 7.41. The molecule has 0 aliphatic carbocycles. The lowest BCUT2D eigenvalue weighted by Crippen LogP contribution is -2.04. The highest BCUT2D eigenvalue weighted by Crippen LogP contribution is 2.19. The quantitative estimate of drug-likeness (QED) is 0.508. The third-order valence-electron chi connectivity index (χ3n) is 1.68. The molecule has 0 spiro atoms. The van der Waals surface area contributed by atoms with E-state index in [1.807, 2.05) is 0 Å². The Hall–Kier alpha value is -1.69. The van der Waals surface area contributed by atoms with Gasteiger partial charge in [0.15, 0.2) is 5.78 Å². The number of hydrogen-bond donors (Lipinski definition) is 2. The molecule has 0 aromatic heterocycles. The van der Waals surface area contributed by atoms with Gasteiger partial charge < -0.3 is 10.2 Å². The number of aliphatic carboxylic acids is 1. The maximum absolute atomic E-state index is 12.7. The standard InChI is InChI=1S/C10H6BrFO4/c11-7-3-5(12)1-2-6(7)8(13)4-9(14)10(15)16/h1-4,14H,(H,15,16). The Labute approximate surface area is 98.1 Å². The molecule has 1 rings (SSSR count). The fourth-order valence-electron chi connectivity index (χ4n) is 0.953. The fourth-order valence-corrected chi connectivity index (χ4v) is 1.50. The lowest BCUT2D eigenvalue weighted by atomic mass is 10.1. The molecule has 6 heteroatoms. The molecule has 1 aromatic rings. The Kier molecular flexibility index (Phi) is 3.78. The Morgan fingerprint density at radius 1 is 1.31 bits per heavy atom. The highest BCUT2D eigenvalue weighted by atomic mass is 79.9. The number of benzene rings is 1. The van der Waals surface area contributed by atoms with Crippen LogP contribution in [-0.4, -0.2) is 22.0 Å². The SMILES string of the molecule is O=C(O)C(O)=CC(=O)c1ccc(F)cc1Br. The van der Waals surface area contributed by atoms with Crippen molar-refractivity contribution in [1.82, 2.24) is 0 Å². The summed E-state index contributed by atoms with van der Waals surface area (Å²) in [5, 5.41) is 17.2. The van der Waals surface area contributed by atoms with Gasteiger partial charge in [0, 0.05) is 16.1 Å². The number of halogens is 2. The minimum Gasteiger partial charge on any atom is -0.502 e. The maximum Gasteiger partial charge on any atom is 0.371 e. The van der Waals surface area contributed by atoms with Crippen LogP contribution >= 0.6 is 15.9 Å². The van der Waals surface area contributed by atoms with Crippen molar-refractivity contribution in [2.24, 2.45) is 0 Å². The number of rotatable bonds is 3. The zero-order chi connectivity index (χ0) is 12.3. The average molecular weight is 289 g/mol. The smallest absolute Gasteiger partial charge is 0.371 e. The number of hydrogen-bond acceptors (Lipinski definition) is 3. The third-order valence-corrected chi connectivity index (χ3v) is 2.34. The number of allylic oxidation sites excluding steroid dienone is 1. The van der Waals surface area contributed by atoms with Crippen LogP contribution in [0, 0.1) is 5.82 Å². The van der Waals surface area contributed by atoms with Crippen molar-refractivity contribution in [3.8, 4) is 0 Å². The molecule has 84 valence electrons. The summed E-state index contributed by atoms with van der Waals surface area (Å²) in [6, 6.07) is 3.32. The van der Waals surface area contributed by atoms with E-state index in [9.17, 15) is 14.0 Å². The summed E-state index contributed by atoms with van der Waals surface area (Å²) in [5.74, 6) is -3.94. The molecule has 0 fully saturated rings. The first kappa shape index (κ1) is 12.4. The van der Waals surface area contributed by atoms with Crippen LogP contribution in [0.1, 0.15) is 10.4 Å². The van der Waals surface area contributed by atoms with Gasteiger partial charge in [-0.3, -0.25) is 4.79 Å². The maximum atomic E-state index is 12.7. The normalized spacial score (nSPS) is 11.2. The Morgan fingerprint density at radius 3 is 2.44 bits per heavy atom. The van der Waals surface area contributed by atoms with Crippen LogP contribution in [0.2, 0.25) is 0 Å². The predicted molar refractivity (Wildman–Crippen MR) is 56.8 cm³/mol. The lowest BCUT2D eigenvalue weighted by molar-refractivity contribution is -0.135. The fraction of sp³-hybridized carbons (Fsp3) is 0. The molecule has 0 bridgehead atoms. The van der Waals surface area contributed by atoms with Gasteiger partial charge in [-0.1, -0.05) is 0 Å². The van der Waals surface area contributed by atoms with Crippen molar-refractivity contribution in [3.05, 3.63) is 45.9 Å². The highest BCUT2D eigenvalue weighted by Gasteiger charge is 2.12. The third kappa shape index (κ3) is 2.90. The molecule has 0 amide bonds. The zero-order valence-electron chi connectivity index (χ0n) is 7.78. The molecule has 0 saturated heterocycles. The van der Waals surface area contributed by atoms with E-state index in [-0.39, 0.29) is 10.0 Å². The molecular formula is C10H6BrFO4. The molecule has 16 heavy (non-hydrogen) atoms. The van der Waals surface area contributed by atoms with Gasteiger partial charge in [-0.2, -0.15) is 0 Å². The second-order valence-electron chi connectivity index (χ2n) is 2.82. The average Bonchev–Trinajstić information content (AvgIpc) is 2.16. The van der Waals surface area contributed by atoms with Crippen molar-refractivity contribution >= 4 is 27.7 Å². The van der Waals surface area contributed by atoms with Crippen LogP contribution in [-0.2, 0) is 4.79 Å². The molecule has 2 N–H and O–H groups in total. The Balaban J connectivity index is 3.07. The summed E-state index contributed by atoms with van der Waals surface area (Å²) in [7, 11) is 0. The van der Waals surface area contributed by atoms with Gasteiger partial charge >= 0.3 is 5.97 Å². The van der Waals surface area contributed by atoms with Gasteiger partial charge in [0.05, 0.1) is 0 Å². The van der Waals surface area contributed by atoms with Crippen LogP contribution in [0.25, 0.3) is 0 Å². The van der Waals surface area contributed by atoms with E-state index < -0.39 is 23.3 Å². The summed E-state index contributed by atoms with van der Waals surface area (Å²) in [5.41, 5.74) is 0.0641. The minimum absolute atomic E-state index is 0.0641. The van der Waals surface area contributed by atoms with Crippen molar-refractivity contribution < 1.29 is 24.2 Å². The van der Waals surface area contributed by atoms with E-state index in [4.69, 9.17) is 10.2 Å². The molecule has 0 heterocycles. The number of carbonyl (C=O) groups is 2. The van der Waals surface area contributed by atoms with Gasteiger partial charge in [-0.15, -0.1) is 0 Å². The van der Waals surface area contributed by atoms with E-state index in [2.05, 4.69) is 15.9 Å². The van der Waals surface area contributed by atoms with Crippen LogP contribution in [0.5, 0.6) is 0 Å². The molecule has 0 saturated carbocycles. The molecule has 0 radical (unpaired) electrons. The second kappa shape index (κ2) is 4.89. The molecule has 0 unspecified atom stereocenters.